The molecule has 0 spiro atoms. The second-order valence-electron chi connectivity index (χ2n) is 6.59. The van der Waals surface area contributed by atoms with E-state index in [0.29, 0.717) is 18.9 Å². The normalized spacial score (nSPS) is 18.3. The minimum absolute atomic E-state index is 0.139. The van der Waals surface area contributed by atoms with Gasteiger partial charge in [-0.05, 0) is 19.3 Å². The Morgan fingerprint density at radius 3 is 2.96 bits per heavy atom. The third-order valence-electron chi connectivity index (χ3n) is 4.32. The fraction of sp³-hybridized carbons (Fsp3) is 0.647. The van der Waals surface area contributed by atoms with E-state index in [1.54, 1.807) is 11.3 Å². The molecule has 130 valence electrons. The molecule has 7 heteroatoms. The van der Waals surface area contributed by atoms with Crippen molar-refractivity contribution < 1.29 is 9.32 Å². The van der Waals surface area contributed by atoms with Gasteiger partial charge in [-0.2, -0.15) is 4.98 Å². The quantitative estimate of drug-likeness (QED) is 0.830. The molecular weight excluding hydrogens is 324 g/mol. The Kier molecular flexibility index (Phi) is 5.28. The van der Waals surface area contributed by atoms with Crippen LogP contribution in [0.5, 0.6) is 0 Å². The third-order valence-corrected chi connectivity index (χ3v) is 5.37. The Hall–Kier alpha value is -1.76. The van der Waals surface area contributed by atoms with E-state index in [0.717, 1.165) is 42.3 Å². The number of hydrogen-bond acceptors (Lipinski definition) is 6. The van der Waals surface area contributed by atoms with E-state index in [1.165, 1.54) is 0 Å². The molecule has 2 aromatic rings. The zero-order valence-corrected chi connectivity index (χ0v) is 15.3. The maximum atomic E-state index is 12.6. The average Bonchev–Trinajstić information content (AvgIpc) is 3.24. The molecule has 1 aliphatic rings. The predicted octanol–water partition coefficient (Wildman–Crippen LogP) is 3.16. The first-order valence-corrected chi connectivity index (χ1v) is 9.49. The van der Waals surface area contributed by atoms with E-state index in [9.17, 15) is 4.79 Å². The molecule has 6 nitrogen and oxygen atoms in total. The van der Waals surface area contributed by atoms with Crippen LogP contribution < -0.4 is 0 Å². The lowest BCUT2D eigenvalue weighted by atomic mass is 9.97. The molecule has 0 radical (unpaired) electrons. The number of likely N-dealkylation sites (tertiary alicyclic amines) is 1. The molecule has 1 atom stereocenters. The fourth-order valence-electron chi connectivity index (χ4n) is 2.92. The third kappa shape index (κ3) is 3.83. The minimum Gasteiger partial charge on any atom is -0.342 e. The Morgan fingerprint density at radius 2 is 2.29 bits per heavy atom. The summed E-state index contributed by atoms with van der Waals surface area (Å²) in [7, 11) is 0. The van der Waals surface area contributed by atoms with Crippen molar-refractivity contribution in [1.29, 1.82) is 0 Å². The summed E-state index contributed by atoms with van der Waals surface area (Å²) in [4.78, 5) is 23.5. The van der Waals surface area contributed by atoms with Crippen LogP contribution in [-0.4, -0.2) is 39.0 Å². The van der Waals surface area contributed by atoms with Crippen LogP contribution in [0.1, 0.15) is 67.9 Å². The van der Waals surface area contributed by atoms with Crippen LogP contribution in [0.15, 0.2) is 9.90 Å². The number of thiazole rings is 1. The average molecular weight is 348 g/mol. The van der Waals surface area contributed by atoms with Crippen molar-refractivity contribution in [3.8, 4) is 0 Å². The van der Waals surface area contributed by atoms with Gasteiger partial charge < -0.3 is 9.42 Å². The van der Waals surface area contributed by atoms with Gasteiger partial charge in [-0.1, -0.05) is 25.9 Å². The van der Waals surface area contributed by atoms with Crippen molar-refractivity contribution in [2.24, 2.45) is 0 Å². The van der Waals surface area contributed by atoms with Crippen LogP contribution in [0, 0.1) is 0 Å². The maximum Gasteiger partial charge on any atom is 0.229 e. The highest BCUT2D eigenvalue weighted by molar-refractivity contribution is 7.09. The second-order valence-corrected chi connectivity index (χ2v) is 7.53. The molecule has 0 N–H and O–H groups in total. The van der Waals surface area contributed by atoms with Crippen molar-refractivity contribution in [1.82, 2.24) is 20.0 Å². The molecule has 1 fully saturated rings. The van der Waals surface area contributed by atoms with Gasteiger partial charge in [0.2, 0.25) is 11.8 Å². The Morgan fingerprint density at radius 1 is 1.46 bits per heavy atom. The number of amides is 1. The monoisotopic (exact) mass is 348 g/mol. The van der Waals surface area contributed by atoms with Gasteiger partial charge in [0.1, 0.15) is 0 Å². The standard InChI is InChI=1S/C17H24N4O2S/c1-4-14-18-13(10-24-14)8-15(22)21-7-5-6-12(9-21)16-19-17(11(2)3)23-20-16/h10-12H,4-9H2,1-3H3. The lowest BCUT2D eigenvalue weighted by Crippen LogP contribution is -2.40. The highest BCUT2D eigenvalue weighted by atomic mass is 32.1. The number of aryl methyl sites for hydroxylation is 1. The van der Waals surface area contributed by atoms with Crippen molar-refractivity contribution >= 4 is 17.2 Å². The summed E-state index contributed by atoms with van der Waals surface area (Å²) in [5, 5.41) is 7.20. The van der Waals surface area contributed by atoms with Crippen LogP contribution in [0.2, 0.25) is 0 Å². The van der Waals surface area contributed by atoms with Gasteiger partial charge in [0.05, 0.1) is 17.1 Å². The van der Waals surface area contributed by atoms with Crippen LogP contribution >= 0.6 is 11.3 Å². The number of nitrogens with zero attached hydrogens (tertiary/aromatic N) is 4. The molecule has 0 aliphatic carbocycles. The summed E-state index contributed by atoms with van der Waals surface area (Å²) in [5.41, 5.74) is 0.880. The van der Waals surface area contributed by atoms with Crippen molar-refractivity contribution in [2.45, 2.75) is 58.3 Å². The minimum atomic E-state index is 0.139. The number of hydrogen-bond donors (Lipinski definition) is 0. The first-order chi connectivity index (χ1) is 11.6. The van der Waals surface area contributed by atoms with Crippen LogP contribution in [-0.2, 0) is 17.6 Å². The van der Waals surface area contributed by atoms with E-state index in [4.69, 9.17) is 4.52 Å². The molecule has 2 aromatic heterocycles. The van der Waals surface area contributed by atoms with E-state index in [1.807, 2.05) is 24.1 Å². The summed E-state index contributed by atoms with van der Waals surface area (Å²) in [6.45, 7) is 7.62. The molecule has 1 unspecified atom stereocenters. The molecule has 0 bridgehead atoms. The smallest absolute Gasteiger partial charge is 0.229 e. The van der Waals surface area contributed by atoms with Gasteiger partial charge in [0.15, 0.2) is 5.82 Å². The highest BCUT2D eigenvalue weighted by Crippen LogP contribution is 2.26. The molecule has 1 amide bonds. The van der Waals surface area contributed by atoms with Crippen LogP contribution in [0.4, 0.5) is 0 Å². The van der Waals surface area contributed by atoms with E-state index in [-0.39, 0.29) is 17.7 Å². The summed E-state index contributed by atoms with van der Waals surface area (Å²) < 4.78 is 5.31. The molecule has 1 aliphatic heterocycles. The van der Waals surface area contributed by atoms with E-state index >= 15 is 0 Å². The summed E-state index contributed by atoms with van der Waals surface area (Å²) in [5.74, 6) is 1.94. The highest BCUT2D eigenvalue weighted by Gasteiger charge is 2.28. The first kappa shape index (κ1) is 17.1. The largest absolute Gasteiger partial charge is 0.342 e. The van der Waals surface area contributed by atoms with Crippen LogP contribution in [0.3, 0.4) is 0 Å². The van der Waals surface area contributed by atoms with Crippen molar-refractivity contribution in [3.63, 3.8) is 0 Å². The lowest BCUT2D eigenvalue weighted by molar-refractivity contribution is -0.131. The number of rotatable bonds is 5. The molecule has 0 aromatic carbocycles. The SMILES string of the molecule is CCc1nc(CC(=O)N2CCCC(c3noc(C(C)C)n3)C2)cs1. The second kappa shape index (κ2) is 7.42. The maximum absolute atomic E-state index is 12.6. The van der Waals surface area contributed by atoms with Gasteiger partial charge in [-0.25, -0.2) is 4.98 Å². The number of carbonyl (C=O) groups is 1. The first-order valence-electron chi connectivity index (χ1n) is 8.61. The number of piperidine rings is 1. The zero-order valence-electron chi connectivity index (χ0n) is 14.5. The van der Waals surface area contributed by atoms with Gasteiger partial charge in [0.25, 0.3) is 0 Å². The Bertz CT molecular complexity index is 694. The number of carbonyl (C=O) groups excluding carboxylic acids is 1. The van der Waals surface area contributed by atoms with Crippen molar-refractivity contribution in [3.05, 3.63) is 27.8 Å². The summed E-state index contributed by atoms with van der Waals surface area (Å²) in [6, 6.07) is 0. The molecule has 0 saturated carbocycles. The predicted molar refractivity (Wildman–Crippen MR) is 92.1 cm³/mol. The van der Waals surface area contributed by atoms with Crippen molar-refractivity contribution in [2.75, 3.05) is 13.1 Å². The van der Waals surface area contributed by atoms with E-state index < -0.39 is 0 Å². The van der Waals surface area contributed by atoms with Gasteiger partial charge >= 0.3 is 0 Å². The fourth-order valence-corrected chi connectivity index (χ4v) is 3.67. The molecule has 3 heterocycles. The molecular formula is C17H24N4O2S. The Labute approximate surface area is 146 Å². The molecule has 24 heavy (non-hydrogen) atoms. The van der Waals surface area contributed by atoms with Gasteiger partial charge in [-0.15, -0.1) is 11.3 Å². The zero-order chi connectivity index (χ0) is 17.1. The van der Waals surface area contributed by atoms with Gasteiger partial charge in [-0.3, -0.25) is 4.79 Å². The number of aromatic nitrogens is 3. The summed E-state index contributed by atoms with van der Waals surface area (Å²) in [6.07, 6.45) is 3.27. The summed E-state index contributed by atoms with van der Waals surface area (Å²) >= 11 is 1.63. The molecule has 1 saturated heterocycles. The van der Waals surface area contributed by atoms with Crippen LogP contribution in [0.25, 0.3) is 0 Å². The Balaban J connectivity index is 1.62. The lowest BCUT2D eigenvalue weighted by Gasteiger charge is -2.31. The topological polar surface area (TPSA) is 72.1 Å². The molecule has 3 rings (SSSR count). The van der Waals surface area contributed by atoms with Gasteiger partial charge in [0, 0.05) is 30.3 Å². The van der Waals surface area contributed by atoms with E-state index in [2.05, 4.69) is 22.0 Å².